The van der Waals surface area contributed by atoms with E-state index in [4.69, 9.17) is 6.57 Å². The Morgan fingerprint density at radius 1 is 1.14 bits per heavy atom. The van der Waals surface area contributed by atoms with E-state index in [-0.39, 0.29) is 11.4 Å². The Labute approximate surface area is 169 Å². The molecule has 0 atom stereocenters. The zero-order valence-corrected chi connectivity index (χ0v) is 16.5. The number of hydrogen-bond donors (Lipinski definition) is 2. The molecular weight excluding hydrogens is 384 g/mol. The predicted molar refractivity (Wildman–Crippen MR) is 113 cm³/mol. The molecule has 144 valence electrons. The number of fused-ring (bicyclic) bond motifs is 1. The van der Waals surface area contributed by atoms with E-state index in [2.05, 4.69) is 19.5 Å². The van der Waals surface area contributed by atoms with Crippen LogP contribution < -0.4 is 4.72 Å². The van der Waals surface area contributed by atoms with Crippen LogP contribution in [0, 0.1) is 13.5 Å². The summed E-state index contributed by atoms with van der Waals surface area (Å²) >= 11 is 0. The number of aromatic amines is 1. The highest BCUT2D eigenvalue weighted by atomic mass is 32.2. The molecule has 0 spiro atoms. The summed E-state index contributed by atoms with van der Waals surface area (Å²) in [6.45, 7) is 9.27. The van der Waals surface area contributed by atoms with E-state index < -0.39 is 10.0 Å². The summed E-state index contributed by atoms with van der Waals surface area (Å²) in [7, 11) is -3.63. The summed E-state index contributed by atoms with van der Waals surface area (Å²) in [5.41, 5.74) is 4.77. The number of nitrogens with zero attached hydrogens (tertiary/aromatic N) is 2. The number of aryl methyl sites for hydroxylation is 1. The Hall–Kier alpha value is -3.47. The fourth-order valence-corrected chi connectivity index (χ4v) is 4.23. The topological polar surface area (TPSA) is 79.2 Å². The molecule has 6 nitrogen and oxygen atoms in total. The Balaban J connectivity index is 1.70. The van der Waals surface area contributed by atoms with Crippen LogP contribution >= 0.6 is 0 Å². The van der Waals surface area contributed by atoms with Crippen LogP contribution in [0.3, 0.4) is 0 Å². The normalized spacial score (nSPS) is 11.4. The Kier molecular flexibility index (Phi) is 4.89. The van der Waals surface area contributed by atoms with Crippen molar-refractivity contribution in [2.24, 2.45) is 0 Å². The van der Waals surface area contributed by atoms with Gasteiger partial charge in [0.25, 0.3) is 0 Å². The highest BCUT2D eigenvalue weighted by Crippen LogP contribution is 2.32. The lowest BCUT2D eigenvalue weighted by Gasteiger charge is -2.09. The monoisotopic (exact) mass is 402 g/mol. The fourth-order valence-electron chi connectivity index (χ4n) is 3.22. The average molecular weight is 402 g/mol. The van der Waals surface area contributed by atoms with Crippen LogP contribution in [-0.2, 0) is 16.6 Å². The standard InChI is InChI=1S/C22H18N4O2S/c1-15-6-8-19(9-7-15)29(27,28)26-14-17-13-25-22-21(17)20(10-11-24-22)16-4-3-5-18(12-16)23-2/h3-13,26H,14H2,1H3,(H,24,25). The van der Waals surface area contributed by atoms with Crippen LogP contribution in [0.2, 0.25) is 0 Å². The average Bonchev–Trinajstić information content (AvgIpc) is 3.16. The van der Waals surface area contributed by atoms with Crippen molar-refractivity contribution in [1.29, 1.82) is 0 Å². The summed E-state index contributed by atoms with van der Waals surface area (Å²) in [5.74, 6) is 0. The van der Waals surface area contributed by atoms with Gasteiger partial charge in [0.1, 0.15) is 5.65 Å². The molecule has 0 fully saturated rings. The number of sulfonamides is 1. The second-order valence-electron chi connectivity index (χ2n) is 6.70. The molecule has 0 bridgehead atoms. The number of hydrogen-bond acceptors (Lipinski definition) is 3. The first-order valence-electron chi connectivity index (χ1n) is 8.97. The molecule has 2 aromatic heterocycles. The number of pyridine rings is 1. The highest BCUT2D eigenvalue weighted by molar-refractivity contribution is 7.89. The van der Waals surface area contributed by atoms with Crippen LogP contribution in [-0.4, -0.2) is 18.4 Å². The quantitative estimate of drug-likeness (QED) is 0.480. The molecule has 7 heteroatoms. The van der Waals surface area contributed by atoms with E-state index in [0.29, 0.717) is 11.3 Å². The van der Waals surface area contributed by atoms with Gasteiger partial charge in [-0.3, -0.25) is 0 Å². The molecule has 4 rings (SSSR count). The molecular formula is C22H18N4O2S. The lowest BCUT2D eigenvalue weighted by molar-refractivity contribution is 0.581. The fraction of sp³-hybridized carbons (Fsp3) is 0.0909. The van der Waals surface area contributed by atoms with Gasteiger partial charge in [0.05, 0.1) is 11.5 Å². The third-order valence-corrected chi connectivity index (χ3v) is 6.14. The summed E-state index contributed by atoms with van der Waals surface area (Å²) < 4.78 is 28.0. The van der Waals surface area contributed by atoms with Gasteiger partial charge >= 0.3 is 0 Å². The Morgan fingerprint density at radius 2 is 1.93 bits per heavy atom. The number of aromatic nitrogens is 2. The lowest BCUT2D eigenvalue weighted by atomic mass is 10.0. The molecule has 2 N–H and O–H groups in total. The largest absolute Gasteiger partial charge is 0.346 e. The number of benzene rings is 2. The summed E-state index contributed by atoms with van der Waals surface area (Å²) in [6.07, 6.45) is 3.45. The molecule has 29 heavy (non-hydrogen) atoms. The van der Waals surface area contributed by atoms with Gasteiger partial charge in [-0.25, -0.2) is 23.0 Å². The molecule has 0 saturated carbocycles. The van der Waals surface area contributed by atoms with Gasteiger partial charge in [-0.2, -0.15) is 0 Å². The molecule has 0 aliphatic heterocycles. The van der Waals surface area contributed by atoms with Crippen LogP contribution in [0.25, 0.3) is 27.0 Å². The smallest absolute Gasteiger partial charge is 0.240 e. The first-order chi connectivity index (χ1) is 14.0. The third kappa shape index (κ3) is 3.76. The van der Waals surface area contributed by atoms with Crippen molar-refractivity contribution in [3.8, 4) is 11.1 Å². The minimum Gasteiger partial charge on any atom is -0.346 e. The number of rotatable bonds is 5. The van der Waals surface area contributed by atoms with Gasteiger partial charge in [-0.05, 0) is 47.9 Å². The van der Waals surface area contributed by atoms with Crippen molar-refractivity contribution in [2.45, 2.75) is 18.4 Å². The highest BCUT2D eigenvalue weighted by Gasteiger charge is 2.16. The maximum absolute atomic E-state index is 12.6. The van der Waals surface area contributed by atoms with Gasteiger partial charge in [-0.1, -0.05) is 35.9 Å². The first-order valence-corrected chi connectivity index (χ1v) is 10.5. The lowest BCUT2D eigenvalue weighted by Crippen LogP contribution is -2.23. The van der Waals surface area contributed by atoms with Crippen LogP contribution in [0.15, 0.2) is 71.9 Å². The molecule has 0 unspecified atom stereocenters. The molecule has 4 aromatic rings. The molecule has 0 radical (unpaired) electrons. The zero-order valence-electron chi connectivity index (χ0n) is 15.7. The van der Waals surface area contributed by atoms with Crippen molar-refractivity contribution in [1.82, 2.24) is 14.7 Å². The first kappa shape index (κ1) is 18.9. The molecule has 0 aliphatic carbocycles. The van der Waals surface area contributed by atoms with E-state index in [0.717, 1.165) is 27.6 Å². The maximum Gasteiger partial charge on any atom is 0.240 e. The van der Waals surface area contributed by atoms with Gasteiger partial charge in [-0.15, -0.1) is 0 Å². The van der Waals surface area contributed by atoms with E-state index in [9.17, 15) is 8.42 Å². The Bertz CT molecular complexity index is 1330. The summed E-state index contributed by atoms with van der Waals surface area (Å²) in [5, 5.41) is 0.834. The second-order valence-corrected chi connectivity index (χ2v) is 8.46. The number of H-pyrrole nitrogens is 1. The third-order valence-electron chi connectivity index (χ3n) is 4.73. The molecule has 2 heterocycles. The van der Waals surface area contributed by atoms with Gasteiger partial charge in [0.15, 0.2) is 5.69 Å². The van der Waals surface area contributed by atoms with Crippen LogP contribution in [0.1, 0.15) is 11.1 Å². The van der Waals surface area contributed by atoms with Gasteiger partial charge < -0.3 is 4.98 Å². The number of nitrogens with one attached hydrogen (secondary N) is 2. The van der Waals surface area contributed by atoms with E-state index in [1.165, 1.54) is 0 Å². The van der Waals surface area contributed by atoms with Crippen molar-refractivity contribution in [2.75, 3.05) is 0 Å². The van der Waals surface area contributed by atoms with Crippen LogP contribution in [0.5, 0.6) is 0 Å². The SMILES string of the molecule is [C-]#[N+]c1cccc(-c2ccnc3[nH]cc(CNS(=O)(=O)c4ccc(C)cc4)c23)c1. The Morgan fingerprint density at radius 3 is 2.69 bits per heavy atom. The van der Waals surface area contributed by atoms with Gasteiger partial charge in [0, 0.05) is 24.3 Å². The van der Waals surface area contributed by atoms with Crippen LogP contribution in [0.4, 0.5) is 5.69 Å². The summed E-state index contributed by atoms with van der Waals surface area (Å²) in [4.78, 5) is 11.2. The van der Waals surface area contributed by atoms with E-state index in [1.807, 2.05) is 31.2 Å². The van der Waals surface area contributed by atoms with Crippen molar-refractivity contribution in [3.05, 3.63) is 89.5 Å². The molecule has 2 aromatic carbocycles. The minimum absolute atomic E-state index is 0.122. The molecule has 0 aliphatic rings. The maximum atomic E-state index is 12.6. The van der Waals surface area contributed by atoms with Gasteiger partial charge in [0.2, 0.25) is 10.0 Å². The van der Waals surface area contributed by atoms with Crippen molar-refractivity contribution in [3.63, 3.8) is 0 Å². The second kappa shape index (κ2) is 7.51. The molecule has 0 saturated heterocycles. The predicted octanol–water partition coefficient (Wildman–Crippen LogP) is 4.57. The van der Waals surface area contributed by atoms with Crippen molar-refractivity contribution < 1.29 is 8.42 Å². The van der Waals surface area contributed by atoms with Crippen molar-refractivity contribution >= 4 is 26.7 Å². The summed E-state index contributed by atoms with van der Waals surface area (Å²) in [6, 6.07) is 15.9. The van der Waals surface area contributed by atoms with E-state index in [1.54, 1.807) is 42.7 Å². The molecule has 0 amide bonds. The van der Waals surface area contributed by atoms with E-state index >= 15 is 0 Å². The zero-order chi connectivity index (χ0) is 20.4. The minimum atomic E-state index is -3.63.